The van der Waals surface area contributed by atoms with Gasteiger partial charge in [0.2, 0.25) is 0 Å². The van der Waals surface area contributed by atoms with E-state index in [1.807, 2.05) is 19.1 Å². The Morgan fingerprint density at radius 2 is 2.00 bits per heavy atom. The Labute approximate surface area is 124 Å². The molecule has 0 radical (unpaired) electrons. The molecular formula is C18H20FNO. The summed E-state index contributed by atoms with van der Waals surface area (Å²) in [5.74, 6) is 0.00456. The van der Waals surface area contributed by atoms with E-state index in [1.165, 1.54) is 6.07 Å². The number of hydrogen-bond acceptors (Lipinski definition) is 1. The number of fused-ring (bicyclic) bond motifs is 1. The van der Waals surface area contributed by atoms with Crippen molar-refractivity contribution in [1.29, 1.82) is 0 Å². The molecule has 0 bridgehead atoms. The molecule has 1 heterocycles. The highest BCUT2D eigenvalue weighted by molar-refractivity contribution is 5.99. The fourth-order valence-electron chi connectivity index (χ4n) is 3.24. The third-order valence-corrected chi connectivity index (χ3v) is 4.23. The predicted octanol–water partition coefficient (Wildman–Crippen LogP) is 4.14. The Kier molecular flexibility index (Phi) is 3.23. The smallest absolute Gasteiger partial charge is 0.165 e. The lowest BCUT2D eigenvalue weighted by molar-refractivity contribution is 0.0910. The van der Waals surface area contributed by atoms with Gasteiger partial charge in [-0.2, -0.15) is 0 Å². The topological polar surface area (TPSA) is 22.0 Å². The first-order chi connectivity index (χ1) is 9.85. The molecule has 1 aromatic carbocycles. The minimum absolute atomic E-state index is 0.00539. The van der Waals surface area contributed by atoms with E-state index in [9.17, 15) is 9.18 Å². The van der Waals surface area contributed by atoms with Crippen LogP contribution in [0.25, 0.3) is 0 Å². The zero-order valence-corrected chi connectivity index (χ0v) is 12.7. The standard InChI is InChI=1S/C18H20FNO/c1-12-7-15-16(9-18(2,3)10-17(15)21)20(12)11-13-5-4-6-14(19)8-13/h4-8H,9-11H2,1-3H3. The van der Waals surface area contributed by atoms with Crippen molar-refractivity contribution in [2.45, 2.75) is 40.2 Å². The van der Waals surface area contributed by atoms with E-state index in [0.717, 1.165) is 28.9 Å². The van der Waals surface area contributed by atoms with Gasteiger partial charge in [-0.05, 0) is 42.5 Å². The largest absolute Gasteiger partial charge is 0.344 e. The Hall–Kier alpha value is -1.90. The number of aryl methyl sites for hydroxylation is 1. The van der Waals surface area contributed by atoms with Crippen molar-refractivity contribution in [2.24, 2.45) is 5.41 Å². The summed E-state index contributed by atoms with van der Waals surface area (Å²) in [5, 5.41) is 0. The van der Waals surface area contributed by atoms with Crippen LogP contribution in [0.2, 0.25) is 0 Å². The molecule has 1 aliphatic rings. The monoisotopic (exact) mass is 285 g/mol. The molecule has 2 nitrogen and oxygen atoms in total. The molecule has 0 amide bonds. The summed E-state index contributed by atoms with van der Waals surface area (Å²) in [4.78, 5) is 12.3. The number of Topliss-reactive ketones (excluding diaryl/α,β-unsaturated/α-hetero) is 1. The van der Waals surface area contributed by atoms with Crippen LogP contribution < -0.4 is 0 Å². The van der Waals surface area contributed by atoms with Gasteiger partial charge in [0, 0.05) is 29.9 Å². The van der Waals surface area contributed by atoms with Gasteiger partial charge < -0.3 is 4.57 Å². The Morgan fingerprint density at radius 1 is 1.24 bits per heavy atom. The number of rotatable bonds is 2. The number of nitrogens with zero attached hydrogens (tertiary/aromatic N) is 1. The van der Waals surface area contributed by atoms with Gasteiger partial charge in [0.25, 0.3) is 0 Å². The molecule has 0 fully saturated rings. The summed E-state index contributed by atoms with van der Waals surface area (Å²) in [6, 6.07) is 8.64. The van der Waals surface area contributed by atoms with Crippen molar-refractivity contribution in [3.63, 3.8) is 0 Å². The zero-order chi connectivity index (χ0) is 15.2. The van der Waals surface area contributed by atoms with Crippen LogP contribution in [-0.2, 0) is 13.0 Å². The average Bonchev–Trinajstić information content (AvgIpc) is 2.66. The van der Waals surface area contributed by atoms with Crippen LogP contribution in [0.4, 0.5) is 4.39 Å². The van der Waals surface area contributed by atoms with E-state index in [0.29, 0.717) is 13.0 Å². The second-order valence-corrected chi connectivity index (χ2v) is 6.80. The summed E-state index contributed by atoms with van der Waals surface area (Å²) in [6.07, 6.45) is 1.49. The van der Waals surface area contributed by atoms with Gasteiger partial charge in [-0.15, -0.1) is 0 Å². The van der Waals surface area contributed by atoms with Crippen LogP contribution in [0, 0.1) is 18.2 Å². The fourth-order valence-corrected chi connectivity index (χ4v) is 3.24. The number of aromatic nitrogens is 1. The molecule has 0 unspecified atom stereocenters. The molecule has 3 heteroatoms. The molecule has 21 heavy (non-hydrogen) atoms. The van der Waals surface area contributed by atoms with Crippen molar-refractivity contribution in [2.75, 3.05) is 0 Å². The number of carbonyl (C=O) groups excluding carboxylic acids is 1. The van der Waals surface area contributed by atoms with Gasteiger partial charge in [-0.3, -0.25) is 4.79 Å². The highest BCUT2D eigenvalue weighted by Gasteiger charge is 2.33. The maximum Gasteiger partial charge on any atom is 0.165 e. The molecule has 0 saturated heterocycles. The number of benzene rings is 1. The molecular weight excluding hydrogens is 265 g/mol. The lowest BCUT2D eigenvalue weighted by Gasteiger charge is -2.30. The van der Waals surface area contributed by atoms with E-state index in [2.05, 4.69) is 18.4 Å². The van der Waals surface area contributed by atoms with Gasteiger partial charge in [0.1, 0.15) is 5.82 Å². The summed E-state index contributed by atoms with van der Waals surface area (Å²) in [5.41, 5.74) is 3.93. The molecule has 0 saturated carbocycles. The van der Waals surface area contributed by atoms with E-state index < -0.39 is 0 Å². The Balaban J connectivity index is 2.02. The quantitative estimate of drug-likeness (QED) is 0.813. The van der Waals surface area contributed by atoms with Crippen molar-refractivity contribution in [1.82, 2.24) is 4.57 Å². The zero-order valence-electron chi connectivity index (χ0n) is 12.7. The highest BCUT2D eigenvalue weighted by atomic mass is 19.1. The second kappa shape index (κ2) is 4.83. The van der Waals surface area contributed by atoms with E-state index in [1.54, 1.807) is 12.1 Å². The van der Waals surface area contributed by atoms with E-state index in [-0.39, 0.29) is 17.0 Å². The van der Waals surface area contributed by atoms with Crippen LogP contribution >= 0.6 is 0 Å². The SMILES string of the molecule is Cc1cc2c(n1Cc1cccc(F)c1)CC(C)(C)CC2=O. The van der Waals surface area contributed by atoms with Gasteiger partial charge >= 0.3 is 0 Å². The number of hydrogen-bond donors (Lipinski definition) is 0. The summed E-state index contributed by atoms with van der Waals surface area (Å²) < 4.78 is 15.5. The second-order valence-electron chi connectivity index (χ2n) is 6.80. The molecule has 2 aromatic rings. The van der Waals surface area contributed by atoms with Crippen molar-refractivity contribution < 1.29 is 9.18 Å². The fraction of sp³-hybridized carbons (Fsp3) is 0.389. The van der Waals surface area contributed by atoms with Gasteiger partial charge in [0.15, 0.2) is 5.78 Å². The van der Waals surface area contributed by atoms with Crippen LogP contribution in [0.1, 0.15) is 47.6 Å². The molecule has 0 spiro atoms. The average molecular weight is 285 g/mol. The molecule has 0 atom stereocenters. The van der Waals surface area contributed by atoms with Crippen LogP contribution in [0.3, 0.4) is 0 Å². The third-order valence-electron chi connectivity index (χ3n) is 4.23. The van der Waals surface area contributed by atoms with Crippen LogP contribution in [0.5, 0.6) is 0 Å². The first kappa shape index (κ1) is 14.1. The lowest BCUT2D eigenvalue weighted by Crippen LogP contribution is -2.28. The molecule has 3 rings (SSSR count). The van der Waals surface area contributed by atoms with Crippen LogP contribution in [-0.4, -0.2) is 10.4 Å². The van der Waals surface area contributed by atoms with Crippen molar-refractivity contribution in [3.05, 3.63) is 58.7 Å². The summed E-state index contributed by atoms with van der Waals surface area (Å²) >= 11 is 0. The number of ketones is 1. The predicted molar refractivity (Wildman–Crippen MR) is 81.1 cm³/mol. The summed E-state index contributed by atoms with van der Waals surface area (Å²) in [6.45, 7) is 6.88. The maximum atomic E-state index is 13.4. The molecule has 110 valence electrons. The van der Waals surface area contributed by atoms with Gasteiger partial charge in [0.05, 0.1) is 0 Å². The molecule has 1 aliphatic carbocycles. The normalized spacial score (nSPS) is 16.9. The van der Waals surface area contributed by atoms with Crippen LogP contribution in [0.15, 0.2) is 30.3 Å². The van der Waals surface area contributed by atoms with E-state index in [4.69, 9.17) is 0 Å². The van der Waals surface area contributed by atoms with Crippen molar-refractivity contribution >= 4 is 5.78 Å². The number of halogens is 1. The first-order valence-electron chi connectivity index (χ1n) is 7.32. The van der Waals surface area contributed by atoms with Crippen molar-refractivity contribution in [3.8, 4) is 0 Å². The van der Waals surface area contributed by atoms with Gasteiger partial charge in [-0.25, -0.2) is 4.39 Å². The Morgan fingerprint density at radius 3 is 2.71 bits per heavy atom. The Bertz CT molecular complexity index is 712. The molecule has 0 aliphatic heterocycles. The minimum atomic E-state index is -0.220. The third kappa shape index (κ3) is 2.65. The highest BCUT2D eigenvalue weighted by Crippen LogP contribution is 2.36. The lowest BCUT2D eigenvalue weighted by atomic mass is 9.76. The van der Waals surface area contributed by atoms with Gasteiger partial charge in [-0.1, -0.05) is 26.0 Å². The van der Waals surface area contributed by atoms with E-state index >= 15 is 0 Å². The summed E-state index contributed by atoms with van der Waals surface area (Å²) in [7, 11) is 0. The molecule has 0 N–H and O–H groups in total. The first-order valence-corrected chi connectivity index (χ1v) is 7.32. The number of carbonyl (C=O) groups is 1. The maximum absolute atomic E-state index is 13.4. The molecule has 1 aromatic heterocycles. The minimum Gasteiger partial charge on any atom is -0.344 e.